The molecule has 0 aliphatic carbocycles. The lowest BCUT2D eigenvalue weighted by atomic mass is 9.93. The third kappa shape index (κ3) is 4.58. The number of hydrogen-bond acceptors (Lipinski definition) is 2. The molecule has 0 unspecified atom stereocenters. The normalized spacial score (nSPS) is 19.2. The van der Waals surface area contributed by atoms with Crippen LogP contribution in [-0.2, 0) is 12.7 Å². The van der Waals surface area contributed by atoms with Crippen LogP contribution in [0.2, 0.25) is 0 Å². The highest BCUT2D eigenvalue weighted by Crippen LogP contribution is 2.35. The average molecular weight is 408 g/mol. The predicted octanol–water partition coefficient (Wildman–Crippen LogP) is 4.39. The van der Waals surface area contributed by atoms with Crippen molar-refractivity contribution in [1.29, 1.82) is 5.26 Å². The number of likely N-dealkylation sites (tertiary alicyclic amines) is 1. The van der Waals surface area contributed by atoms with Crippen LogP contribution in [0, 0.1) is 11.3 Å². The minimum absolute atomic E-state index is 0.0246. The largest absolute Gasteiger partial charge is 0.416 e. The second kappa shape index (κ2) is 6.53. The Morgan fingerprint density at radius 2 is 1.95 bits per heavy atom. The molecule has 1 fully saturated rings. The van der Waals surface area contributed by atoms with E-state index in [-0.39, 0.29) is 3.42 Å². The van der Waals surface area contributed by atoms with Gasteiger partial charge in [0, 0.05) is 16.4 Å². The number of nitrogens with zero attached hydrogens (tertiary/aromatic N) is 2. The molecule has 0 atom stereocenters. The van der Waals surface area contributed by atoms with Gasteiger partial charge >= 0.3 is 6.18 Å². The molecule has 6 heteroatoms. The number of hydrogen-bond donors (Lipinski definition) is 0. The number of piperidine rings is 1. The molecule has 0 radical (unpaired) electrons. The summed E-state index contributed by atoms with van der Waals surface area (Å²) in [6.07, 6.45) is -1.95. The van der Waals surface area contributed by atoms with Crippen molar-refractivity contribution >= 4 is 22.6 Å². The van der Waals surface area contributed by atoms with E-state index in [0.29, 0.717) is 18.5 Å². The van der Waals surface area contributed by atoms with Crippen molar-refractivity contribution in [3.63, 3.8) is 0 Å². The van der Waals surface area contributed by atoms with Gasteiger partial charge in [-0.15, -0.1) is 0 Å². The molecule has 0 amide bonds. The predicted molar refractivity (Wildman–Crippen MR) is 82.9 cm³/mol. The van der Waals surface area contributed by atoms with Crippen LogP contribution in [0.3, 0.4) is 0 Å². The molecular formula is C15H16F3IN2. The summed E-state index contributed by atoms with van der Waals surface area (Å²) in [6, 6.07) is 7.73. The SMILES string of the molecule is N#CCC1(I)CCN(Cc2cccc(C(F)(F)F)c2)CC1. The van der Waals surface area contributed by atoms with Gasteiger partial charge in [-0.2, -0.15) is 18.4 Å². The van der Waals surface area contributed by atoms with Gasteiger partial charge in [-0.1, -0.05) is 40.8 Å². The second-order valence-corrected chi connectivity index (χ2v) is 7.75. The van der Waals surface area contributed by atoms with E-state index >= 15 is 0 Å². The molecule has 0 bridgehead atoms. The first-order valence-electron chi connectivity index (χ1n) is 6.77. The summed E-state index contributed by atoms with van der Waals surface area (Å²) in [5.74, 6) is 0. The molecule has 1 aliphatic rings. The fourth-order valence-electron chi connectivity index (χ4n) is 2.53. The zero-order valence-corrected chi connectivity index (χ0v) is 13.6. The first-order valence-corrected chi connectivity index (χ1v) is 7.85. The number of rotatable bonds is 3. The quantitative estimate of drug-likeness (QED) is 0.548. The summed E-state index contributed by atoms with van der Waals surface area (Å²) >= 11 is 2.35. The molecule has 0 saturated carbocycles. The molecule has 0 aromatic heterocycles. The Morgan fingerprint density at radius 3 is 2.52 bits per heavy atom. The summed E-state index contributed by atoms with van der Waals surface area (Å²) in [6.45, 7) is 2.17. The molecule has 1 aromatic rings. The first-order chi connectivity index (χ1) is 9.82. The van der Waals surface area contributed by atoms with Crippen molar-refractivity contribution in [2.45, 2.75) is 35.4 Å². The van der Waals surface area contributed by atoms with E-state index < -0.39 is 11.7 Å². The molecule has 114 valence electrons. The van der Waals surface area contributed by atoms with Crippen molar-refractivity contribution in [1.82, 2.24) is 4.90 Å². The summed E-state index contributed by atoms with van der Waals surface area (Å²) in [5.41, 5.74) is 0.0933. The van der Waals surface area contributed by atoms with Crippen LogP contribution in [0.5, 0.6) is 0 Å². The van der Waals surface area contributed by atoms with Gasteiger partial charge < -0.3 is 0 Å². The third-order valence-corrected chi connectivity index (χ3v) is 5.27. The van der Waals surface area contributed by atoms with Crippen LogP contribution in [0.25, 0.3) is 0 Å². The fraction of sp³-hybridized carbons (Fsp3) is 0.533. The molecule has 0 spiro atoms. The Labute approximate surface area is 136 Å². The van der Waals surface area contributed by atoms with Crippen LogP contribution in [-0.4, -0.2) is 21.4 Å². The molecule has 2 rings (SSSR count). The van der Waals surface area contributed by atoms with Gasteiger partial charge in [0.15, 0.2) is 0 Å². The van der Waals surface area contributed by atoms with Crippen LogP contribution in [0.4, 0.5) is 13.2 Å². The van der Waals surface area contributed by atoms with Crippen molar-refractivity contribution in [2.75, 3.05) is 13.1 Å². The van der Waals surface area contributed by atoms with Gasteiger partial charge in [0.1, 0.15) is 0 Å². The Morgan fingerprint density at radius 1 is 1.29 bits per heavy atom. The third-order valence-electron chi connectivity index (χ3n) is 3.81. The van der Waals surface area contributed by atoms with Crippen molar-refractivity contribution in [2.24, 2.45) is 0 Å². The summed E-state index contributed by atoms with van der Waals surface area (Å²) in [4.78, 5) is 2.16. The lowest BCUT2D eigenvalue weighted by molar-refractivity contribution is -0.137. The van der Waals surface area contributed by atoms with Crippen LogP contribution in [0.15, 0.2) is 24.3 Å². The topological polar surface area (TPSA) is 27.0 Å². The fourth-order valence-corrected chi connectivity index (χ4v) is 3.19. The number of alkyl halides is 4. The maximum absolute atomic E-state index is 12.7. The van der Waals surface area contributed by atoms with Gasteiger partial charge in [-0.05, 0) is 37.6 Å². The average Bonchev–Trinajstić information content (AvgIpc) is 2.41. The van der Waals surface area contributed by atoms with Gasteiger partial charge in [0.2, 0.25) is 0 Å². The molecule has 1 aromatic carbocycles. The van der Waals surface area contributed by atoms with Gasteiger partial charge in [-0.25, -0.2) is 0 Å². The standard InChI is InChI=1S/C15H16F3IN2/c16-15(17,18)13-3-1-2-12(10-13)11-21-8-5-14(19,4-7-20)6-9-21/h1-3,10H,4-6,8-9,11H2. The van der Waals surface area contributed by atoms with Crippen molar-refractivity contribution in [3.8, 4) is 6.07 Å². The van der Waals surface area contributed by atoms with E-state index in [0.717, 1.165) is 32.0 Å². The van der Waals surface area contributed by atoms with E-state index in [1.54, 1.807) is 6.07 Å². The Hall–Kier alpha value is -0.810. The van der Waals surface area contributed by atoms with Crippen LogP contribution < -0.4 is 0 Å². The minimum atomic E-state index is -4.29. The summed E-state index contributed by atoms with van der Waals surface area (Å²) in [5, 5.41) is 8.82. The zero-order chi connectivity index (χ0) is 15.5. The van der Waals surface area contributed by atoms with Gasteiger partial charge in [0.05, 0.1) is 11.6 Å². The maximum Gasteiger partial charge on any atom is 0.416 e. The number of halogens is 4. The van der Waals surface area contributed by atoms with Gasteiger partial charge in [-0.3, -0.25) is 4.90 Å². The molecule has 21 heavy (non-hydrogen) atoms. The number of nitriles is 1. The van der Waals surface area contributed by atoms with Gasteiger partial charge in [0.25, 0.3) is 0 Å². The van der Waals surface area contributed by atoms with Crippen molar-refractivity contribution < 1.29 is 13.2 Å². The van der Waals surface area contributed by atoms with E-state index in [1.165, 1.54) is 12.1 Å². The zero-order valence-electron chi connectivity index (χ0n) is 11.5. The Balaban J connectivity index is 1.97. The Bertz CT molecular complexity index is 528. The van der Waals surface area contributed by atoms with Crippen LogP contribution in [0.1, 0.15) is 30.4 Å². The monoisotopic (exact) mass is 408 g/mol. The van der Waals surface area contributed by atoms with Crippen LogP contribution >= 0.6 is 22.6 Å². The molecule has 0 N–H and O–H groups in total. The highest BCUT2D eigenvalue weighted by molar-refractivity contribution is 14.1. The van der Waals surface area contributed by atoms with E-state index in [1.807, 2.05) is 0 Å². The first kappa shape index (κ1) is 16.6. The van der Waals surface area contributed by atoms with E-state index in [9.17, 15) is 13.2 Å². The Kier molecular flexibility index (Phi) is 5.15. The molecule has 1 aliphatic heterocycles. The highest BCUT2D eigenvalue weighted by Gasteiger charge is 2.32. The van der Waals surface area contributed by atoms with Crippen molar-refractivity contribution in [3.05, 3.63) is 35.4 Å². The summed E-state index contributed by atoms with van der Waals surface area (Å²) < 4.78 is 38.1. The lowest BCUT2D eigenvalue weighted by Crippen LogP contribution is -2.40. The maximum atomic E-state index is 12.7. The van der Waals surface area contributed by atoms with E-state index in [2.05, 4.69) is 33.6 Å². The molecular weight excluding hydrogens is 392 g/mol. The van der Waals surface area contributed by atoms with E-state index in [4.69, 9.17) is 5.26 Å². The molecule has 2 nitrogen and oxygen atoms in total. The minimum Gasteiger partial charge on any atom is -0.299 e. The molecule has 1 heterocycles. The summed E-state index contributed by atoms with van der Waals surface area (Å²) in [7, 11) is 0. The highest BCUT2D eigenvalue weighted by atomic mass is 127. The second-order valence-electron chi connectivity index (χ2n) is 5.46. The molecule has 1 saturated heterocycles. The number of benzene rings is 1. The smallest absolute Gasteiger partial charge is 0.299 e. The lowest BCUT2D eigenvalue weighted by Gasteiger charge is -2.36.